The molecule has 2 rings (SSSR count). The number of hydrogen-bond donors (Lipinski definition) is 0. The van der Waals surface area contributed by atoms with Crippen molar-refractivity contribution in [3.63, 3.8) is 0 Å². The van der Waals surface area contributed by atoms with Gasteiger partial charge in [0.25, 0.3) is 0 Å². The second kappa shape index (κ2) is 6.95. The van der Waals surface area contributed by atoms with Gasteiger partial charge in [-0.3, -0.25) is 10.2 Å². The Hall–Kier alpha value is -1.26. The minimum absolute atomic E-state index is 0.0747. The predicted molar refractivity (Wildman–Crippen MR) is 84.1 cm³/mol. The summed E-state index contributed by atoms with van der Waals surface area (Å²) in [5.74, 6) is 1.78. The van der Waals surface area contributed by atoms with Crippen LogP contribution in [0.3, 0.4) is 0 Å². The molecule has 0 unspecified atom stereocenters. The SMILES string of the molecule is Cc1ccc([O])c(SCCSc2cc(C)ccc2[O])c1. The van der Waals surface area contributed by atoms with Crippen molar-refractivity contribution < 1.29 is 10.2 Å². The van der Waals surface area contributed by atoms with Crippen LogP contribution < -0.4 is 0 Å². The lowest BCUT2D eigenvalue weighted by molar-refractivity contribution is 0.344. The fourth-order valence-corrected chi connectivity index (χ4v) is 3.82. The van der Waals surface area contributed by atoms with E-state index in [9.17, 15) is 10.2 Å². The van der Waals surface area contributed by atoms with E-state index in [2.05, 4.69) is 0 Å². The summed E-state index contributed by atoms with van der Waals surface area (Å²) in [4.78, 5) is 1.58. The zero-order chi connectivity index (χ0) is 14.5. The maximum Gasteiger partial charge on any atom is 0.192 e. The smallest absolute Gasteiger partial charge is 0.192 e. The molecule has 0 aromatic heterocycles. The molecule has 0 aliphatic rings. The Morgan fingerprint density at radius 2 is 1.15 bits per heavy atom. The highest BCUT2D eigenvalue weighted by atomic mass is 32.2. The van der Waals surface area contributed by atoms with Gasteiger partial charge in [-0.25, -0.2) is 0 Å². The molecule has 0 spiro atoms. The van der Waals surface area contributed by atoms with Crippen LogP contribution in [0.5, 0.6) is 11.5 Å². The van der Waals surface area contributed by atoms with Crippen molar-refractivity contribution in [2.75, 3.05) is 11.5 Å². The molecule has 0 aliphatic heterocycles. The van der Waals surface area contributed by atoms with E-state index in [0.717, 1.165) is 32.4 Å². The molecular weight excluding hydrogens is 288 g/mol. The molecule has 0 amide bonds. The number of rotatable bonds is 5. The molecule has 0 saturated carbocycles. The highest BCUT2D eigenvalue weighted by Crippen LogP contribution is 2.33. The molecule has 20 heavy (non-hydrogen) atoms. The first-order valence-corrected chi connectivity index (χ1v) is 8.34. The molecule has 0 heterocycles. The first kappa shape index (κ1) is 15.1. The van der Waals surface area contributed by atoms with Gasteiger partial charge in [-0.15, -0.1) is 23.5 Å². The van der Waals surface area contributed by atoms with Gasteiger partial charge < -0.3 is 0 Å². The van der Waals surface area contributed by atoms with Gasteiger partial charge >= 0.3 is 0 Å². The van der Waals surface area contributed by atoms with E-state index in [-0.39, 0.29) is 11.5 Å². The molecule has 2 radical (unpaired) electrons. The Bertz CT molecular complexity index is 544. The molecule has 0 saturated heterocycles. The van der Waals surface area contributed by atoms with E-state index in [4.69, 9.17) is 0 Å². The zero-order valence-corrected chi connectivity index (χ0v) is 13.1. The molecule has 2 nitrogen and oxygen atoms in total. The van der Waals surface area contributed by atoms with Crippen molar-refractivity contribution in [2.24, 2.45) is 0 Å². The molecule has 0 fully saturated rings. The first-order chi connectivity index (χ1) is 9.56. The lowest BCUT2D eigenvalue weighted by Gasteiger charge is -2.05. The third kappa shape index (κ3) is 4.12. The highest BCUT2D eigenvalue weighted by molar-refractivity contribution is 8.03. The zero-order valence-electron chi connectivity index (χ0n) is 11.5. The number of benzene rings is 2. The van der Waals surface area contributed by atoms with Gasteiger partial charge in [0.1, 0.15) is 0 Å². The van der Waals surface area contributed by atoms with Crippen molar-refractivity contribution in [1.29, 1.82) is 0 Å². The van der Waals surface area contributed by atoms with Crippen LogP contribution in [-0.2, 0) is 10.2 Å². The molecular formula is C16H16O2S2. The number of aryl methyl sites for hydroxylation is 2. The van der Waals surface area contributed by atoms with Gasteiger partial charge in [0.2, 0.25) is 0 Å². The highest BCUT2D eigenvalue weighted by Gasteiger charge is 2.06. The summed E-state index contributed by atoms with van der Waals surface area (Å²) in [5, 5.41) is 23.3. The summed E-state index contributed by atoms with van der Waals surface area (Å²) in [7, 11) is 0. The van der Waals surface area contributed by atoms with Crippen LogP contribution in [-0.4, -0.2) is 11.5 Å². The Morgan fingerprint density at radius 1 is 0.750 bits per heavy atom. The molecule has 2 aromatic rings. The summed E-state index contributed by atoms with van der Waals surface area (Å²) in [6.45, 7) is 3.96. The molecule has 0 bridgehead atoms. The van der Waals surface area contributed by atoms with Gasteiger partial charge in [0.15, 0.2) is 11.5 Å². The standard InChI is InChI=1S/C16H16O2S2/c1-11-3-5-13(17)15(9-11)19-7-8-20-16-10-12(2)4-6-14(16)18/h3-6,9-10H,7-8H2,1-2H3. The van der Waals surface area contributed by atoms with Crippen LogP contribution in [0.25, 0.3) is 0 Å². The van der Waals surface area contributed by atoms with Crippen LogP contribution in [0.4, 0.5) is 0 Å². The average Bonchev–Trinajstić information content (AvgIpc) is 2.42. The van der Waals surface area contributed by atoms with E-state index in [0.29, 0.717) is 0 Å². The minimum Gasteiger partial charge on any atom is -0.289 e. The summed E-state index contributed by atoms with van der Waals surface area (Å²) >= 11 is 3.11. The van der Waals surface area contributed by atoms with Gasteiger partial charge in [0.05, 0.1) is 9.79 Å². The normalized spacial score (nSPS) is 10.7. The summed E-state index contributed by atoms with van der Waals surface area (Å²) < 4.78 is 0. The quantitative estimate of drug-likeness (QED) is 0.542. The van der Waals surface area contributed by atoms with Crippen LogP contribution >= 0.6 is 23.5 Å². The fraction of sp³-hybridized carbons (Fsp3) is 0.250. The lowest BCUT2D eigenvalue weighted by Crippen LogP contribution is -1.86. The topological polar surface area (TPSA) is 39.8 Å². The second-order valence-electron chi connectivity index (χ2n) is 4.60. The fourth-order valence-electron chi connectivity index (χ4n) is 1.76. The van der Waals surface area contributed by atoms with E-state index in [1.165, 1.54) is 0 Å². The molecule has 0 aliphatic carbocycles. The van der Waals surface area contributed by atoms with E-state index in [1.807, 2.05) is 38.1 Å². The third-order valence-electron chi connectivity index (χ3n) is 2.80. The second-order valence-corrected chi connectivity index (χ2v) is 6.87. The number of hydrogen-bond acceptors (Lipinski definition) is 2. The molecule has 4 heteroatoms. The van der Waals surface area contributed by atoms with Crippen LogP contribution in [0.2, 0.25) is 0 Å². The number of thioether (sulfide) groups is 2. The monoisotopic (exact) mass is 304 g/mol. The van der Waals surface area contributed by atoms with Crippen LogP contribution in [0.15, 0.2) is 46.2 Å². The Morgan fingerprint density at radius 3 is 1.55 bits per heavy atom. The maximum atomic E-state index is 11.7. The van der Waals surface area contributed by atoms with E-state index in [1.54, 1.807) is 35.7 Å². The Balaban J connectivity index is 1.87. The van der Waals surface area contributed by atoms with Gasteiger partial charge in [-0.2, -0.15) is 0 Å². The average molecular weight is 304 g/mol. The van der Waals surface area contributed by atoms with Crippen molar-refractivity contribution in [1.82, 2.24) is 0 Å². The molecule has 0 atom stereocenters. The summed E-state index contributed by atoms with van der Waals surface area (Å²) in [5.41, 5.74) is 2.19. The first-order valence-electron chi connectivity index (χ1n) is 6.37. The van der Waals surface area contributed by atoms with Crippen molar-refractivity contribution in [3.8, 4) is 11.5 Å². The van der Waals surface area contributed by atoms with Gasteiger partial charge in [0, 0.05) is 11.5 Å². The van der Waals surface area contributed by atoms with Gasteiger partial charge in [-0.1, -0.05) is 12.1 Å². The van der Waals surface area contributed by atoms with Crippen LogP contribution in [0.1, 0.15) is 11.1 Å². The third-order valence-corrected chi connectivity index (χ3v) is 5.13. The lowest BCUT2D eigenvalue weighted by atomic mass is 10.2. The predicted octanol–water partition coefficient (Wildman–Crippen LogP) is 5.48. The Kier molecular flexibility index (Phi) is 5.26. The maximum absolute atomic E-state index is 11.7. The van der Waals surface area contributed by atoms with Crippen molar-refractivity contribution >= 4 is 23.5 Å². The molecule has 0 N–H and O–H groups in total. The molecule has 104 valence electrons. The van der Waals surface area contributed by atoms with Crippen molar-refractivity contribution in [3.05, 3.63) is 47.5 Å². The van der Waals surface area contributed by atoms with Crippen LogP contribution in [0, 0.1) is 13.8 Å². The molecule has 2 aromatic carbocycles. The van der Waals surface area contributed by atoms with Gasteiger partial charge in [-0.05, 0) is 49.2 Å². The Labute approximate surface area is 128 Å². The van der Waals surface area contributed by atoms with E-state index >= 15 is 0 Å². The summed E-state index contributed by atoms with van der Waals surface area (Å²) in [6, 6.07) is 10.7. The van der Waals surface area contributed by atoms with Crippen molar-refractivity contribution in [2.45, 2.75) is 23.6 Å². The minimum atomic E-state index is 0.0747. The largest absolute Gasteiger partial charge is 0.289 e. The summed E-state index contributed by atoms with van der Waals surface area (Å²) in [6.07, 6.45) is 0. The van der Waals surface area contributed by atoms with E-state index < -0.39 is 0 Å².